The largest absolute Gasteiger partial charge is 0.465 e. The Bertz CT molecular complexity index is 956. The molecule has 0 N–H and O–H groups in total. The molecule has 1 aliphatic carbocycles. The minimum atomic E-state index is -3.56. The molecule has 6 heteroatoms. The molecule has 0 bridgehead atoms. The van der Waals surface area contributed by atoms with Crippen LogP contribution in [0.5, 0.6) is 0 Å². The summed E-state index contributed by atoms with van der Waals surface area (Å²) >= 11 is 0. The molecule has 2 aliphatic heterocycles. The Balaban J connectivity index is 1.74. The molecule has 1 spiro atoms. The van der Waals surface area contributed by atoms with Crippen molar-refractivity contribution < 1.29 is 17.9 Å². The summed E-state index contributed by atoms with van der Waals surface area (Å²) in [6.07, 6.45) is 1.31. The van der Waals surface area contributed by atoms with Crippen LogP contribution in [0, 0.1) is 12.3 Å². The number of esters is 1. The van der Waals surface area contributed by atoms with E-state index < -0.39 is 15.4 Å². The van der Waals surface area contributed by atoms with Crippen LogP contribution in [0.3, 0.4) is 0 Å². The second kappa shape index (κ2) is 5.79. The summed E-state index contributed by atoms with van der Waals surface area (Å²) in [4.78, 5) is 12.7. The van der Waals surface area contributed by atoms with Gasteiger partial charge in [0.1, 0.15) is 0 Å². The smallest absolute Gasteiger partial charge is 0.316 e. The normalized spacial score (nSPS) is 26.7. The molecule has 2 saturated heterocycles. The van der Waals surface area contributed by atoms with E-state index in [4.69, 9.17) is 4.74 Å². The Labute approximate surface area is 154 Å². The third-order valence-electron chi connectivity index (χ3n) is 6.10. The summed E-state index contributed by atoms with van der Waals surface area (Å²) in [5.74, 6) is -0.166. The van der Waals surface area contributed by atoms with Crippen molar-refractivity contribution in [3.63, 3.8) is 0 Å². The third-order valence-corrected chi connectivity index (χ3v) is 7.90. The average Bonchev–Trinajstić information content (AvgIpc) is 3.20. The minimum absolute atomic E-state index is 0.166. The minimum Gasteiger partial charge on any atom is -0.465 e. The van der Waals surface area contributed by atoms with Gasteiger partial charge in [0, 0.05) is 19.5 Å². The first-order valence-electron chi connectivity index (χ1n) is 8.89. The number of allylic oxidation sites excluding steroid dienone is 1. The summed E-state index contributed by atoms with van der Waals surface area (Å²) in [6.45, 7) is 7.05. The molecule has 4 rings (SSSR count). The van der Waals surface area contributed by atoms with E-state index in [1.54, 1.807) is 12.1 Å². The molecule has 1 aromatic carbocycles. The highest BCUT2D eigenvalue weighted by Gasteiger charge is 2.51. The SMILES string of the molecule is CC1=C2CN(S(=O)(=O)c3ccc(C)cc3)CC2=C(C)[C@]2(CCOC2=O)C1. The first-order valence-corrected chi connectivity index (χ1v) is 10.3. The molecule has 1 atom stereocenters. The summed E-state index contributed by atoms with van der Waals surface area (Å²) < 4.78 is 32.9. The van der Waals surface area contributed by atoms with E-state index in [0.29, 0.717) is 37.4 Å². The van der Waals surface area contributed by atoms with Crippen LogP contribution in [-0.2, 0) is 19.6 Å². The number of carbonyl (C=O) groups excluding carboxylic acids is 1. The van der Waals surface area contributed by atoms with Crippen molar-refractivity contribution in [2.75, 3.05) is 19.7 Å². The van der Waals surface area contributed by atoms with Gasteiger partial charge in [0.15, 0.2) is 0 Å². The standard InChI is InChI=1S/C20H23NO4S/c1-13-4-6-16(7-5-13)26(23,24)21-11-17-14(2)10-20(8-9-25-19(20)22)15(3)18(17)12-21/h4-7H,8-12H2,1-3H3/t20-/m0/s1. The van der Waals surface area contributed by atoms with E-state index in [1.807, 2.05) is 32.9 Å². The molecule has 0 saturated carbocycles. The number of sulfonamides is 1. The second-order valence-corrected chi connectivity index (χ2v) is 9.53. The molecular formula is C20H23NO4S. The zero-order chi connectivity index (χ0) is 18.7. The lowest BCUT2D eigenvalue weighted by Gasteiger charge is -2.32. The van der Waals surface area contributed by atoms with Crippen LogP contribution >= 0.6 is 0 Å². The van der Waals surface area contributed by atoms with Crippen molar-refractivity contribution in [1.82, 2.24) is 4.31 Å². The molecule has 138 valence electrons. The van der Waals surface area contributed by atoms with Gasteiger partial charge in [-0.3, -0.25) is 4.79 Å². The monoisotopic (exact) mass is 373 g/mol. The number of nitrogens with zero attached hydrogens (tertiary/aromatic N) is 1. The van der Waals surface area contributed by atoms with E-state index in [2.05, 4.69) is 0 Å². The van der Waals surface area contributed by atoms with Gasteiger partial charge >= 0.3 is 5.97 Å². The third kappa shape index (κ3) is 2.39. The Morgan fingerprint density at radius 1 is 1.04 bits per heavy atom. The number of fused-ring (bicyclic) bond motifs is 1. The van der Waals surface area contributed by atoms with Crippen molar-refractivity contribution in [1.29, 1.82) is 0 Å². The summed E-state index contributed by atoms with van der Waals surface area (Å²) in [5.41, 5.74) is 4.60. The fourth-order valence-electron chi connectivity index (χ4n) is 4.41. The van der Waals surface area contributed by atoms with E-state index in [-0.39, 0.29) is 5.97 Å². The van der Waals surface area contributed by atoms with Crippen LogP contribution in [0.1, 0.15) is 32.3 Å². The zero-order valence-electron chi connectivity index (χ0n) is 15.3. The Morgan fingerprint density at radius 2 is 1.69 bits per heavy atom. The average molecular weight is 373 g/mol. The molecule has 0 amide bonds. The number of rotatable bonds is 2. The van der Waals surface area contributed by atoms with Gasteiger partial charge in [-0.1, -0.05) is 28.8 Å². The lowest BCUT2D eigenvalue weighted by Crippen LogP contribution is -2.32. The predicted octanol–water partition coefficient (Wildman–Crippen LogP) is 2.97. The van der Waals surface area contributed by atoms with Crippen molar-refractivity contribution in [3.05, 3.63) is 52.1 Å². The van der Waals surface area contributed by atoms with E-state index in [9.17, 15) is 13.2 Å². The van der Waals surface area contributed by atoms with Gasteiger partial charge in [-0.25, -0.2) is 8.42 Å². The van der Waals surface area contributed by atoms with Gasteiger partial charge < -0.3 is 4.74 Å². The van der Waals surface area contributed by atoms with Crippen molar-refractivity contribution in [2.24, 2.45) is 5.41 Å². The first kappa shape index (κ1) is 17.5. The second-order valence-electron chi connectivity index (χ2n) is 7.59. The van der Waals surface area contributed by atoms with Gasteiger partial charge in [-0.05, 0) is 50.5 Å². The van der Waals surface area contributed by atoms with Crippen molar-refractivity contribution >= 4 is 16.0 Å². The van der Waals surface area contributed by atoms with Crippen molar-refractivity contribution in [3.8, 4) is 0 Å². The van der Waals surface area contributed by atoms with Gasteiger partial charge in [0.2, 0.25) is 10.0 Å². The molecule has 1 aromatic rings. The lowest BCUT2D eigenvalue weighted by atomic mass is 9.68. The van der Waals surface area contributed by atoms with Crippen LogP contribution < -0.4 is 0 Å². The highest BCUT2D eigenvalue weighted by molar-refractivity contribution is 7.89. The number of aryl methyl sites for hydroxylation is 1. The molecule has 0 radical (unpaired) electrons. The maximum atomic E-state index is 13.1. The summed E-state index contributed by atoms with van der Waals surface area (Å²) in [6, 6.07) is 6.94. The van der Waals surface area contributed by atoms with Crippen LogP contribution in [0.2, 0.25) is 0 Å². The lowest BCUT2D eigenvalue weighted by molar-refractivity contribution is -0.144. The fourth-order valence-corrected chi connectivity index (χ4v) is 5.78. The molecule has 26 heavy (non-hydrogen) atoms. The van der Waals surface area contributed by atoms with Gasteiger partial charge in [0.25, 0.3) is 0 Å². The fraction of sp³-hybridized carbons (Fsp3) is 0.450. The van der Waals surface area contributed by atoms with Crippen LogP contribution in [0.4, 0.5) is 0 Å². The molecule has 2 fully saturated rings. The maximum absolute atomic E-state index is 13.1. The number of hydrogen-bond acceptors (Lipinski definition) is 4. The molecule has 5 nitrogen and oxygen atoms in total. The van der Waals surface area contributed by atoms with E-state index >= 15 is 0 Å². The molecule has 3 aliphatic rings. The maximum Gasteiger partial charge on any atom is 0.316 e. The highest BCUT2D eigenvalue weighted by Crippen LogP contribution is 2.51. The number of cyclic esters (lactones) is 1. The van der Waals surface area contributed by atoms with Crippen molar-refractivity contribution in [2.45, 2.75) is 38.5 Å². The highest BCUT2D eigenvalue weighted by atomic mass is 32.2. The van der Waals surface area contributed by atoms with Gasteiger partial charge in [0.05, 0.1) is 16.9 Å². The molecule has 0 unspecified atom stereocenters. The zero-order valence-corrected chi connectivity index (χ0v) is 16.1. The van der Waals surface area contributed by atoms with E-state index in [0.717, 1.165) is 27.9 Å². The number of carbonyl (C=O) groups is 1. The Kier molecular flexibility index (Phi) is 3.90. The van der Waals surface area contributed by atoms with Crippen LogP contribution in [0.25, 0.3) is 0 Å². The first-order chi connectivity index (χ1) is 12.3. The number of ether oxygens (including phenoxy) is 1. The quantitative estimate of drug-likeness (QED) is 0.748. The summed E-state index contributed by atoms with van der Waals surface area (Å²) in [5, 5.41) is 0. The predicted molar refractivity (Wildman–Crippen MR) is 98.0 cm³/mol. The van der Waals surface area contributed by atoms with Gasteiger partial charge in [-0.15, -0.1) is 0 Å². The summed E-state index contributed by atoms with van der Waals surface area (Å²) in [7, 11) is -3.56. The molecule has 2 heterocycles. The van der Waals surface area contributed by atoms with Crippen LogP contribution in [0.15, 0.2) is 51.5 Å². The number of benzene rings is 1. The topological polar surface area (TPSA) is 63.7 Å². The molecule has 0 aromatic heterocycles. The Morgan fingerprint density at radius 3 is 2.31 bits per heavy atom. The Hall–Kier alpha value is -1.92. The van der Waals surface area contributed by atoms with E-state index in [1.165, 1.54) is 4.31 Å². The molecular weight excluding hydrogens is 350 g/mol. The number of hydrogen-bond donors (Lipinski definition) is 0. The van der Waals surface area contributed by atoms with Gasteiger partial charge in [-0.2, -0.15) is 4.31 Å². The van der Waals surface area contributed by atoms with Crippen LogP contribution in [-0.4, -0.2) is 38.4 Å².